The Morgan fingerprint density at radius 1 is 1.33 bits per heavy atom. The van der Waals surface area contributed by atoms with Gasteiger partial charge in [0.05, 0.1) is 18.1 Å². The van der Waals surface area contributed by atoms with Crippen molar-refractivity contribution in [3.05, 3.63) is 45.9 Å². The summed E-state index contributed by atoms with van der Waals surface area (Å²) in [6.07, 6.45) is 1.87. The lowest BCUT2D eigenvalue weighted by Crippen LogP contribution is -2.35. The quantitative estimate of drug-likeness (QED) is 0.919. The Kier molecular flexibility index (Phi) is 2.93. The van der Waals surface area contributed by atoms with Crippen LogP contribution in [0.25, 0.3) is 0 Å². The van der Waals surface area contributed by atoms with Crippen molar-refractivity contribution in [3.8, 4) is 0 Å². The fraction of sp³-hybridized carbons (Fsp3) is 0.167. The molecule has 1 atom stereocenters. The molecule has 92 valence electrons. The predicted octanol–water partition coefficient (Wildman–Crippen LogP) is 2.67. The molecular formula is C12H11ClN4S. The zero-order valence-electron chi connectivity index (χ0n) is 9.45. The van der Waals surface area contributed by atoms with Crippen LogP contribution in [-0.2, 0) is 0 Å². The summed E-state index contributed by atoms with van der Waals surface area (Å²) in [7, 11) is 0. The van der Waals surface area contributed by atoms with E-state index in [1.807, 2.05) is 40.9 Å². The smallest absolute Gasteiger partial charge is 0.196 e. The van der Waals surface area contributed by atoms with Gasteiger partial charge in [0, 0.05) is 21.8 Å². The summed E-state index contributed by atoms with van der Waals surface area (Å²) in [6.45, 7) is 0.663. The summed E-state index contributed by atoms with van der Waals surface area (Å²) in [5.41, 5.74) is 8.79. The van der Waals surface area contributed by atoms with Crippen LogP contribution in [0.15, 0.2) is 41.0 Å². The molecule has 3 rings (SSSR count). The van der Waals surface area contributed by atoms with Crippen LogP contribution >= 0.6 is 22.9 Å². The topological polar surface area (TPSA) is 54.5 Å². The van der Waals surface area contributed by atoms with Crippen LogP contribution in [-0.4, -0.2) is 17.5 Å². The molecule has 6 heteroatoms. The van der Waals surface area contributed by atoms with E-state index in [1.54, 1.807) is 11.3 Å². The number of guanidine groups is 1. The highest BCUT2D eigenvalue weighted by molar-refractivity contribution is 7.09. The SMILES string of the molecule is NC1=NCC(c2cncs2)N1c1ccc(Cl)cc1. The van der Waals surface area contributed by atoms with Crippen LogP contribution in [0.2, 0.25) is 5.02 Å². The summed E-state index contributed by atoms with van der Waals surface area (Å²) >= 11 is 7.52. The number of aliphatic imine (C=N–C) groups is 1. The van der Waals surface area contributed by atoms with Crippen molar-refractivity contribution < 1.29 is 0 Å². The third kappa shape index (κ3) is 1.95. The van der Waals surface area contributed by atoms with E-state index < -0.39 is 0 Å². The van der Waals surface area contributed by atoms with E-state index in [0.29, 0.717) is 17.5 Å². The van der Waals surface area contributed by atoms with Gasteiger partial charge >= 0.3 is 0 Å². The number of nitrogens with zero attached hydrogens (tertiary/aromatic N) is 3. The highest BCUT2D eigenvalue weighted by Crippen LogP contribution is 2.33. The minimum absolute atomic E-state index is 0.138. The minimum atomic E-state index is 0.138. The van der Waals surface area contributed by atoms with Gasteiger partial charge in [-0.2, -0.15) is 0 Å². The third-order valence-electron chi connectivity index (χ3n) is 2.87. The molecule has 0 spiro atoms. The molecule has 1 aromatic heterocycles. The number of anilines is 1. The first kappa shape index (κ1) is 11.5. The fourth-order valence-electron chi connectivity index (χ4n) is 2.02. The lowest BCUT2D eigenvalue weighted by molar-refractivity contribution is 0.782. The van der Waals surface area contributed by atoms with Gasteiger partial charge in [0.1, 0.15) is 0 Å². The molecule has 4 nitrogen and oxygen atoms in total. The Morgan fingerprint density at radius 3 is 2.78 bits per heavy atom. The Labute approximate surface area is 114 Å². The van der Waals surface area contributed by atoms with Gasteiger partial charge in [0.2, 0.25) is 0 Å². The van der Waals surface area contributed by atoms with Gasteiger partial charge in [-0.05, 0) is 24.3 Å². The highest BCUT2D eigenvalue weighted by Gasteiger charge is 2.29. The third-order valence-corrected chi connectivity index (χ3v) is 4.00. The minimum Gasteiger partial charge on any atom is -0.369 e. The van der Waals surface area contributed by atoms with Crippen molar-refractivity contribution in [3.63, 3.8) is 0 Å². The van der Waals surface area contributed by atoms with Gasteiger partial charge < -0.3 is 10.6 Å². The summed E-state index contributed by atoms with van der Waals surface area (Å²) in [4.78, 5) is 11.6. The monoisotopic (exact) mass is 278 g/mol. The van der Waals surface area contributed by atoms with E-state index in [4.69, 9.17) is 17.3 Å². The van der Waals surface area contributed by atoms with Crippen molar-refractivity contribution in [2.75, 3.05) is 11.4 Å². The second-order valence-corrected chi connectivity index (χ2v) is 5.32. The lowest BCUT2D eigenvalue weighted by atomic mass is 10.2. The summed E-state index contributed by atoms with van der Waals surface area (Å²) < 4.78 is 0. The molecule has 0 saturated carbocycles. The van der Waals surface area contributed by atoms with E-state index in [1.165, 1.54) is 0 Å². The van der Waals surface area contributed by atoms with Crippen molar-refractivity contribution >= 4 is 34.6 Å². The summed E-state index contributed by atoms with van der Waals surface area (Å²) in [5.74, 6) is 0.538. The Morgan fingerprint density at radius 2 is 2.11 bits per heavy atom. The normalized spacial score (nSPS) is 19.1. The van der Waals surface area contributed by atoms with Crippen LogP contribution < -0.4 is 10.6 Å². The largest absolute Gasteiger partial charge is 0.369 e. The Balaban J connectivity index is 1.97. The molecular weight excluding hydrogens is 268 g/mol. The van der Waals surface area contributed by atoms with Gasteiger partial charge in [-0.1, -0.05) is 11.6 Å². The molecule has 1 aromatic carbocycles. The standard InChI is InChI=1S/C12H11ClN4S/c13-8-1-3-9(4-2-8)17-10(5-16-12(17)14)11-6-15-7-18-11/h1-4,6-7,10H,5H2,(H2,14,16). The average molecular weight is 279 g/mol. The van der Waals surface area contributed by atoms with Crippen molar-refractivity contribution in [1.29, 1.82) is 0 Å². The Bertz CT molecular complexity index is 564. The van der Waals surface area contributed by atoms with E-state index in [2.05, 4.69) is 9.98 Å². The number of halogens is 1. The molecule has 0 aliphatic carbocycles. The molecule has 2 aromatic rings. The first-order valence-corrected chi connectivity index (χ1v) is 6.74. The average Bonchev–Trinajstić information content (AvgIpc) is 2.99. The highest BCUT2D eigenvalue weighted by atomic mass is 35.5. The van der Waals surface area contributed by atoms with Crippen LogP contribution in [0.3, 0.4) is 0 Å². The van der Waals surface area contributed by atoms with Crippen molar-refractivity contribution in [2.45, 2.75) is 6.04 Å². The lowest BCUT2D eigenvalue weighted by Gasteiger charge is -2.25. The molecule has 0 fully saturated rings. The number of rotatable bonds is 2. The first-order valence-electron chi connectivity index (χ1n) is 5.49. The summed E-state index contributed by atoms with van der Waals surface area (Å²) in [6, 6.07) is 7.74. The zero-order chi connectivity index (χ0) is 12.5. The van der Waals surface area contributed by atoms with Crippen LogP contribution in [0.1, 0.15) is 10.9 Å². The number of hydrogen-bond donors (Lipinski definition) is 1. The van der Waals surface area contributed by atoms with E-state index >= 15 is 0 Å². The van der Waals surface area contributed by atoms with E-state index in [0.717, 1.165) is 10.6 Å². The number of thiazole rings is 1. The second kappa shape index (κ2) is 4.59. The molecule has 0 bridgehead atoms. The molecule has 0 saturated heterocycles. The molecule has 1 aliphatic heterocycles. The molecule has 0 radical (unpaired) electrons. The fourth-order valence-corrected chi connectivity index (χ4v) is 2.85. The van der Waals surface area contributed by atoms with E-state index in [-0.39, 0.29) is 6.04 Å². The maximum absolute atomic E-state index is 5.97. The molecule has 2 heterocycles. The van der Waals surface area contributed by atoms with Gasteiger partial charge in [0.25, 0.3) is 0 Å². The maximum Gasteiger partial charge on any atom is 0.196 e. The number of aromatic nitrogens is 1. The van der Waals surface area contributed by atoms with Gasteiger partial charge in [-0.15, -0.1) is 11.3 Å². The van der Waals surface area contributed by atoms with Crippen LogP contribution in [0.4, 0.5) is 5.69 Å². The van der Waals surface area contributed by atoms with Crippen molar-refractivity contribution in [2.24, 2.45) is 10.7 Å². The molecule has 1 unspecified atom stereocenters. The van der Waals surface area contributed by atoms with Gasteiger partial charge in [-0.3, -0.25) is 9.98 Å². The van der Waals surface area contributed by atoms with Crippen molar-refractivity contribution in [1.82, 2.24) is 4.98 Å². The van der Waals surface area contributed by atoms with Crippen LogP contribution in [0.5, 0.6) is 0 Å². The number of hydrogen-bond acceptors (Lipinski definition) is 5. The van der Waals surface area contributed by atoms with E-state index in [9.17, 15) is 0 Å². The molecule has 2 N–H and O–H groups in total. The molecule has 18 heavy (non-hydrogen) atoms. The first-order chi connectivity index (χ1) is 8.75. The zero-order valence-corrected chi connectivity index (χ0v) is 11.0. The Hall–Kier alpha value is -1.59. The second-order valence-electron chi connectivity index (χ2n) is 3.96. The number of nitrogens with two attached hydrogens (primary N) is 1. The predicted molar refractivity (Wildman–Crippen MR) is 75.3 cm³/mol. The van der Waals surface area contributed by atoms with Gasteiger partial charge in [-0.25, -0.2) is 0 Å². The number of benzene rings is 1. The summed E-state index contributed by atoms with van der Waals surface area (Å²) in [5, 5.41) is 0.711. The van der Waals surface area contributed by atoms with Gasteiger partial charge in [0.15, 0.2) is 5.96 Å². The van der Waals surface area contributed by atoms with Crippen LogP contribution in [0, 0.1) is 0 Å². The maximum atomic E-state index is 5.97. The molecule has 0 amide bonds. The molecule has 1 aliphatic rings.